The zero-order valence-corrected chi connectivity index (χ0v) is 15.7. The molecule has 1 saturated carbocycles. The van der Waals surface area contributed by atoms with Crippen molar-refractivity contribution in [2.24, 2.45) is 11.8 Å². The minimum Gasteiger partial charge on any atom is -0.480 e. The average molecular weight is 369 g/mol. The Balaban J connectivity index is 2.22. The van der Waals surface area contributed by atoms with Gasteiger partial charge in [0.2, 0.25) is 17.7 Å². The van der Waals surface area contributed by atoms with E-state index in [4.69, 9.17) is 5.11 Å². The van der Waals surface area contributed by atoms with Crippen molar-refractivity contribution < 1.29 is 24.3 Å². The van der Waals surface area contributed by atoms with E-state index < -0.39 is 23.8 Å². The van der Waals surface area contributed by atoms with Crippen molar-refractivity contribution in [3.63, 3.8) is 0 Å². The Morgan fingerprint density at radius 3 is 2.08 bits per heavy atom. The molecule has 0 aromatic heterocycles. The maximum Gasteiger partial charge on any atom is 0.326 e. The molecule has 0 aromatic rings. The van der Waals surface area contributed by atoms with Crippen molar-refractivity contribution in [1.82, 2.24) is 16.0 Å². The zero-order chi connectivity index (χ0) is 19.5. The molecule has 0 saturated heterocycles. The number of carbonyl (C=O) groups excluding carboxylic acids is 3. The van der Waals surface area contributed by atoms with E-state index in [0.29, 0.717) is 18.8 Å². The minimum absolute atomic E-state index is 0.116. The number of hydrogen-bond acceptors (Lipinski definition) is 4. The van der Waals surface area contributed by atoms with Crippen molar-refractivity contribution in [1.29, 1.82) is 0 Å². The summed E-state index contributed by atoms with van der Waals surface area (Å²) in [4.78, 5) is 46.4. The number of nitrogens with one attached hydrogen (secondary N) is 3. The lowest BCUT2D eigenvalue weighted by Crippen LogP contribution is -2.47. The molecule has 0 heterocycles. The van der Waals surface area contributed by atoms with Gasteiger partial charge in [-0.2, -0.15) is 0 Å². The lowest BCUT2D eigenvalue weighted by Gasteiger charge is -2.20. The predicted octanol–water partition coefficient (Wildman–Crippen LogP) is 0.805. The van der Waals surface area contributed by atoms with Crippen LogP contribution in [0.2, 0.25) is 0 Å². The third-order valence-electron chi connectivity index (χ3n) is 4.43. The van der Waals surface area contributed by atoms with Gasteiger partial charge < -0.3 is 21.1 Å². The molecule has 1 fully saturated rings. The van der Waals surface area contributed by atoms with Gasteiger partial charge in [0.05, 0.1) is 13.1 Å². The van der Waals surface area contributed by atoms with E-state index in [-0.39, 0.29) is 24.9 Å². The summed E-state index contributed by atoms with van der Waals surface area (Å²) in [5, 5.41) is 16.4. The first kappa shape index (κ1) is 21.9. The molecule has 1 aliphatic rings. The van der Waals surface area contributed by atoms with Crippen molar-refractivity contribution in [2.75, 3.05) is 13.1 Å². The number of hydrogen-bond donors (Lipinski definition) is 4. The second kappa shape index (κ2) is 11.5. The fourth-order valence-corrected chi connectivity index (χ4v) is 3.08. The molecule has 0 aromatic carbocycles. The fourth-order valence-electron chi connectivity index (χ4n) is 3.08. The van der Waals surface area contributed by atoms with Crippen molar-refractivity contribution in [3.05, 3.63) is 0 Å². The van der Waals surface area contributed by atoms with Crippen LogP contribution in [0.3, 0.4) is 0 Å². The molecule has 3 amide bonds. The Bertz CT molecular complexity index is 501. The van der Waals surface area contributed by atoms with Gasteiger partial charge in [-0.1, -0.05) is 33.1 Å². The van der Waals surface area contributed by atoms with Crippen LogP contribution in [-0.4, -0.2) is 47.9 Å². The minimum atomic E-state index is -1.10. The summed E-state index contributed by atoms with van der Waals surface area (Å²) in [5.41, 5.74) is 0. The van der Waals surface area contributed by atoms with E-state index >= 15 is 0 Å². The van der Waals surface area contributed by atoms with E-state index in [1.807, 2.05) is 13.8 Å². The first-order valence-corrected chi connectivity index (χ1v) is 9.33. The van der Waals surface area contributed by atoms with Gasteiger partial charge in [0.15, 0.2) is 0 Å². The standard InChI is InChI=1S/C18H31N3O5/c1-12(2)8-14(18(25)26)21-17(24)11-20-16(23)10-19-15(22)9-13-6-4-3-5-7-13/h12-14H,3-11H2,1-2H3,(H,19,22)(H,20,23)(H,21,24)(H,25,26)/t14-/m0/s1. The van der Waals surface area contributed by atoms with Gasteiger partial charge >= 0.3 is 5.97 Å². The van der Waals surface area contributed by atoms with Crippen LogP contribution >= 0.6 is 0 Å². The summed E-state index contributed by atoms with van der Waals surface area (Å²) in [6, 6.07) is -0.977. The number of amides is 3. The Labute approximate surface area is 154 Å². The monoisotopic (exact) mass is 369 g/mol. The largest absolute Gasteiger partial charge is 0.480 e. The van der Waals surface area contributed by atoms with Gasteiger partial charge in [-0.15, -0.1) is 0 Å². The normalized spacial score (nSPS) is 16.0. The van der Waals surface area contributed by atoms with Crippen molar-refractivity contribution in [3.8, 4) is 0 Å². The van der Waals surface area contributed by atoms with Crippen LogP contribution < -0.4 is 16.0 Å². The van der Waals surface area contributed by atoms with Crippen molar-refractivity contribution in [2.45, 2.75) is 64.8 Å². The van der Waals surface area contributed by atoms with Crippen LogP contribution in [0.25, 0.3) is 0 Å². The molecule has 8 heteroatoms. The molecule has 26 heavy (non-hydrogen) atoms. The highest BCUT2D eigenvalue weighted by atomic mass is 16.4. The SMILES string of the molecule is CC(C)C[C@H](NC(=O)CNC(=O)CNC(=O)CC1CCCCC1)C(=O)O. The summed E-state index contributed by atoms with van der Waals surface area (Å²) in [5.74, 6) is -1.79. The summed E-state index contributed by atoms with van der Waals surface area (Å²) >= 11 is 0. The van der Waals surface area contributed by atoms with Gasteiger partial charge in [-0.3, -0.25) is 14.4 Å². The lowest BCUT2D eigenvalue weighted by atomic mass is 9.87. The van der Waals surface area contributed by atoms with E-state index in [9.17, 15) is 19.2 Å². The third-order valence-corrected chi connectivity index (χ3v) is 4.43. The third kappa shape index (κ3) is 9.39. The van der Waals surface area contributed by atoms with Gasteiger partial charge in [0, 0.05) is 6.42 Å². The first-order valence-electron chi connectivity index (χ1n) is 9.33. The second-order valence-electron chi connectivity index (χ2n) is 7.35. The highest BCUT2D eigenvalue weighted by Crippen LogP contribution is 2.25. The molecule has 0 radical (unpaired) electrons. The number of carboxylic acids is 1. The summed E-state index contributed by atoms with van der Waals surface area (Å²) in [6.07, 6.45) is 6.39. The van der Waals surface area contributed by atoms with Crippen LogP contribution in [0.1, 0.15) is 58.8 Å². The first-order chi connectivity index (χ1) is 12.3. The molecule has 4 N–H and O–H groups in total. The second-order valence-corrected chi connectivity index (χ2v) is 7.35. The zero-order valence-electron chi connectivity index (χ0n) is 15.7. The summed E-state index contributed by atoms with van der Waals surface area (Å²) in [6.45, 7) is 3.21. The summed E-state index contributed by atoms with van der Waals surface area (Å²) in [7, 11) is 0. The summed E-state index contributed by atoms with van der Waals surface area (Å²) < 4.78 is 0. The predicted molar refractivity (Wildman–Crippen MR) is 96.2 cm³/mol. The number of carboxylic acid groups (broad SMARTS) is 1. The molecular formula is C18H31N3O5. The Morgan fingerprint density at radius 1 is 0.923 bits per heavy atom. The van der Waals surface area contributed by atoms with E-state index in [2.05, 4.69) is 16.0 Å². The van der Waals surface area contributed by atoms with Crippen molar-refractivity contribution >= 4 is 23.7 Å². The average Bonchev–Trinajstić information content (AvgIpc) is 2.58. The number of carbonyl (C=O) groups is 4. The Kier molecular flexibility index (Phi) is 9.69. The molecule has 1 rings (SSSR count). The molecule has 1 atom stereocenters. The van der Waals surface area contributed by atoms with Gasteiger partial charge in [-0.05, 0) is 31.1 Å². The van der Waals surface area contributed by atoms with Crippen LogP contribution in [0, 0.1) is 11.8 Å². The lowest BCUT2D eigenvalue weighted by molar-refractivity contribution is -0.142. The van der Waals surface area contributed by atoms with Crippen LogP contribution in [0.4, 0.5) is 0 Å². The van der Waals surface area contributed by atoms with Gasteiger partial charge in [0.25, 0.3) is 0 Å². The van der Waals surface area contributed by atoms with Crippen LogP contribution in [-0.2, 0) is 19.2 Å². The van der Waals surface area contributed by atoms with E-state index in [0.717, 1.165) is 25.7 Å². The number of aliphatic carboxylic acids is 1. The molecule has 1 aliphatic carbocycles. The molecular weight excluding hydrogens is 338 g/mol. The molecule has 0 bridgehead atoms. The van der Waals surface area contributed by atoms with Gasteiger partial charge in [-0.25, -0.2) is 4.79 Å². The molecule has 8 nitrogen and oxygen atoms in total. The topological polar surface area (TPSA) is 125 Å². The van der Waals surface area contributed by atoms with E-state index in [1.165, 1.54) is 6.42 Å². The maximum absolute atomic E-state index is 11.8. The Morgan fingerprint density at radius 2 is 1.50 bits per heavy atom. The molecule has 0 spiro atoms. The maximum atomic E-state index is 11.8. The van der Waals surface area contributed by atoms with Gasteiger partial charge in [0.1, 0.15) is 6.04 Å². The highest BCUT2D eigenvalue weighted by Gasteiger charge is 2.21. The quantitative estimate of drug-likeness (QED) is 0.453. The molecule has 0 unspecified atom stereocenters. The highest BCUT2D eigenvalue weighted by molar-refractivity contribution is 5.89. The van der Waals surface area contributed by atoms with E-state index in [1.54, 1.807) is 0 Å². The molecule has 0 aliphatic heterocycles. The Hall–Kier alpha value is -2.12. The smallest absolute Gasteiger partial charge is 0.326 e. The number of rotatable bonds is 10. The fraction of sp³-hybridized carbons (Fsp3) is 0.778. The van der Waals surface area contributed by atoms with Crippen LogP contribution in [0.15, 0.2) is 0 Å². The van der Waals surface area contributed by atoms with Crippen LogP contribution in [0.5, 0.6) is 0 Å². The molecule has 148 valence electrons.